The largest absolute Gasteiger partial charge is 0.494 e. The lowest BCUT2D eigenvalue weighted by molar-refractivity contribution is -0.139. The van der Waals surface area contributed by atoms with Crippen LogP contribution in [0.3, 0.4) is 0 Å². The predicted molar refractivity (Wildman–Crippen MR) is 96.5 cm³/mol. The second-order valence-electron chi connectivity index (χ2n) is 5.50. The molecule has 0 saturated carbocycles. The zero-order chi connectivity index (χ0) is 19.8. The van der Waals surface area contributed by atoms with Crippen LogP contribution in [-0.4, -0.2) is 31.4 Å². The summed E-state index contributed by atoms with van der Waals surface area (Å²) < 4.78 is 23.4. The van der Waals surface area contributed by atoms with Crippen LogP contribution in [0.1, 0.15) is 22.8 Å². The summed E-state index contributed by atoms with van der Waals surface area (Å²) in [6.45, 7) is 0.647. The van der Waals surface area contributed by atoms with E-state index in [4.69, 9.17) is 9.47 Å². The van der Waals surface area contributed by atoms with Gasteiger partial charge in [-0.15, -0.1) is 0 Å². The number of amides is 1. The second kappa shape index (κ2) is 9.28. The van der Waals surface area contributed by atoms with Crippen LogP contribution in [-0.2, 0) is 14.3 Å². The number of ketones is 1. The Kier molecular flexibility index (Phi) is 6.82. The number of esters is 1. The van der Waals surface area contributed by atoms with Crippen LogP contribution >= 0.6 is 0 Å². The minimum atomic E-state index is -0.878. The molecular formula is C20H18FNO5. The minimum absolute atomic E-state index is 0.00211. The Hall–Kier alpha value is -3.48. The highest BCUT2D eigenvalue weighted by molar-refractivity contribution is 6.01. The average molecular weight is 371 g/mol. The van der Waals surface area contributed by atoms with Gasteiger partial charge in [0.2, 0.25) is 5.91 Å². The van der Waals surface area contributed by atoms with Gasteiger partial charge in [0.1, 0.15) is 5.70 Å². The van der Waals surface area contributed by atoms with E-state index >= 15 is 0 Å². The number of Topliss-reactive ketones (excluding diaryl/α,β-unsaturated/α-hetero) is 1. The van der Waals surface area contributed by atoms with E-state index in [1.54, 1.807) is 30.3 Å². The van der Waals surface area contributed by atoms with Crippen LogP contribution < -0.4 is 10.1 Å². The van der Waals surface area contributed by atoms with Gasteiger partial charge in [-0.1, -0.05) is 30.3 Å². The van der Waals surface area contributed by atoms with Gasteiger partial charge >= 0.3 is 5.97 Å². The summed E-state index contributed by atoms with van der Waals surface area (Å²) in [7, 11) is 1.31. The summed E-state index contributed by atoms with van der Waals surface area (Å²) in [5, 5.41) is 2.38. The molecule has 0 bridgehead atoms. The van der Waals surface area contributed by atoms with Crippen LogP contribution in [0, 0.1) is 5.82 Å². The number of carbonyl (C=O) groups is 3. The Bertz CT molecular complexity index is 877. The number of hydrogen-bond acceptors (Lipinski definition) is 5. The molecule has 2 aromatic rings. The highest BCUT2D eigenvalue weighted by Gasteiger charge is 2.16. The van der Waals surface area contributed by atoms with Crippen molar-refractivity contribution in [2.75, 3.05) is 13.7 Å². The zero-order valence-corrected chi connectivity index (χ0v) is 14.8. The summed E-state index contributed by atoms with van der Waals surface area (Å²) in [6.07, 6.45) is 1.43. The van der Waals surface area contributed by atoms with Gasteiger partial charge in [-0.2, -0.15) is 0 Å². The molecule has 0 aliphatic heterocycles. The monoisotopic (exact) mass is 371 g/mol. The van der Waals surface area contributed by atoms with Crippen molar-refractivity contribution in [3.63, 3.8) is 0 Å². The Morgan fingerprint density at radius 3 is 2.41 bits per heavy atom. The molecule has 1 N–H and O–H groups in total. The van der Waals surface area contributed by atoms with Gasteiger partial charge in [0.25, 0.3) is 0 Å². The maximum Gasteiger partial charge on any atom is 0.355 e. The fourth-order valence-electron chi connectivity index (χ4n) is 2.18. The first-order valence-electron chi connectivity index (χ1n) is 7.99. The maximum absolute atomic E-state index is 13.7. The summed E-state index contributed by atoms with van der Waals surface area (Å²) >= 11 is 0. The van der Waals surface area contributed by atoms with Crippen LogP contribution in [0.15, 0.2) is 54.2 Å². The molecular weight excluding hydrogens is 353 g/mol. The molecule has 2 rings (SSSR count). The third kappa shape index (κ3) is 5.78. The third-order valence-electron chi connectivity index (χ3n) is 3.45. The highest BCUT2D eigenvalue weighted by atomic mass is 19.1. The molecule has 0 unspecified atom stereocenters. The van der Waals surface area contributed by atoms with Crippen molar-refractivity contribution in [3.8, 4) is 5.75 Å². The van der Waals surface area contributed by atoms with Crippen LogP contribution in [0.2, 0.25) is 0 Å². The van der Waals surface area contributed by atoms with E-state index in [-0.39, 0.29) is 17.0 Å². The smallest absolute Gasteiger partial charge is 0.355 e. The van der Waals surface area contributed by atoms with Crippen molar-refractivity contribution in [3.05, 3.63) is 71.2 Å². The molecule has 0 saturated heterocycles. The van der Waals surface area contributed by atoms with Gasteiger partial charge in [-0.05, 0) is 29.8 Å². The molecule has 0 atom stereocenters. The molecule has 0 fully saturated rings. The van der Waals surface area contributed by atoms with E-state index in [0.29, 0.717) is 5.56 Å². The molecule has 2 aromatic carbocycles. The van der Waals surface area contributed by atoms with Gasteiger partial charge in [-0.3, -0.25) is 9.59 Å². The Labute approximate surface area is 155 Å². The molecule has 140 valence electrons. The van der Waals surface area contributed by atoms with Gasteiger partial charge in [0.05, 0.1) is 7.11 Å². The first kappa shape index (κ1) is 19.8. The number of nitrogens with one attached hydrogen (secondary N) is 1. The molecule has 0 radical (unpaired) electrons. The van der Waals surface area contributed by atoms with E-state index in [2.05, 4.69) is 5.32 Å². The van der Waals surface area contributed by atoms with Crippen LogP contribution in [0.25, 0.3) is 6.08 Å². The molecule has 0 heterocycles. The van der Waals surface area contributed by atoms with Gasteiger partial charge < -0.3 is 14.8 Å². The standard InChI is InChI=1S/C20H18FNO5/c1-13(23)22-17(10-14-6-4-3-5-7-14)20(25)27-12-18(24)15-8-9-19(26-2)16(21)11-15/h3-11H,12H2,1-2H3,(H,22,23)/b17-10-. The third-order valence-corrected chi connectivity index (χ3v) is 3.45. The van der Waals surface area contributed by atoms with Crippen LogP contribution in [0.4, 0.5) is 4.39 Å². The van der Waals surface area contributed by atoms with Crippen LogP contribution in [0.5, 0.6) is 5.75 Å². The highest BCUT2D eigenvalue weighted by Crippen LogP contribution is 2.18. The second-order valence-corrected chi connectivity index (χ2v) is 5.50. The molecule has 7 heteroatoms. The number of benzene rings is 2. The number of hydrogen-bond donors (Lipinski definition) is 1. The number of ether oxygens (including phenoxy) is 2. The van der Waals surface area contributed by atoms with Crippen molar-refractivity contribution < 1.29 is 28.2 Å². The molecule has 0 aromatic heterocycles. The van der Waals surface area contributed by atoms with Crippen molar-refractivity contribution >= 4 is 23.7 Å². The topological polar surface area (TPSA) is 81.7 Å². The van der Waals surface area contributed by atoms with E-state index in [9.17, 15) is 18.8 Å². The molecule has 0 aliphatic carbocycles. The zero-order valence-electron chi connectivity index (χ0n) is 14.8. The summed E-state index contributed by atoms with van der Waals surface area (Å²) in [6, 6.07) is 12.5. The van der Waals surface area contributed by atoms with E-state index in [1.807, 2.05) is 0 Å². The van der Waals surface area contributed by atoms with Gasteiger partial charge in [-0.25, -0.2) is 9.18 Å². The Morgan fingerprint density at radius 2 is 1.81 bits per heavy atom. The lowest BCUT2D eigenvalue weighted by Crippen LogP contribution is -2.27. The lowest BCUT2D eigenvalue weighted by Gasteiger charge is -2.09. The molecule has 0 aliphatic rings. The summed E-state index contributed by atoms with van der Waals surface area (Å²) in [4.78, 5) is 35.7. The average Bonchev–Trinajstić information content (AvgIpc) is 2.65. The summed E-state index contributed by atoms with van der Waals surface area (Å²) in [5.74, 6) is -2.62. The fourth-order valence-corrected chi connectivity index (χ4v) is 2.18. The quantitative estimate of drug-likeness (QED) is 0.460. The van der Waals surface area contributed by atoms with Gasteiger partial charge in [0, 0.05) is 12.5 Å². The van der Waals surface area contributed by atoms with Gasteiger partial charge in [0.15, 0.2) is 24.0 Å². The molecule has 27 heavy (non-hydrogen) atoms. The molecule has 1 amide bonds. The van der Waals surface area contributed by atoms with E-state index < -0.39 is 30.1 Å². The number of carbonyl (C=O) groups excluding carboxylic acids is 3. The minimum Gasteiger partial charge on any atom is -0.494 e. The number of rotatable bonds is 7. The Morgan fingerprint density at radius 1 is 1.11 bits per heavy atom. The first-order chi connectivity index (χ1) is 12.9. The molecule has 0 spiro atoms. The SMILES string of the molecule is COc1ccc(C(=O)COC(=O)/C(=C/c2ccccc2)NC(C)=O)cc1F. The van der Waals surface area contributed by atoms with E-state index in [0.717, 1.165) is 6.07 Å². The Balaban J connectivity index is 2.08. The predicted octanol–water partition coefficient (Wildman–Crippen LogP) is 2.74. The molecule has 6 nitrogen and oxygen atoms in total. The van der Waals surface area contributed by atoms with Crippen molar-refractivity contribution in [2.24, 2.45) is 0 Å². The van der Waals surface area contributed by atoms with Crippen molar-refractivity contribution in [1.29, 1.82) is 0 Å². The fraction of sp³-hybridized carbons (Fsp3) is 0.150. The number of methoxy groups -OCH3 is 1. The maximum atomic E-state index is 13.7. The lowest BCUT2D eigenvalue weighted by atomic mass is 10.1. The van der Waals surface area contributed by atoms with Crippen molar-refractivity contribution in [1.82, 2.24) is 5.32 Å². The van der Waals surface area contributed by atoms with E-state index in [1.165, 1.54) is 32.2 Å². The normalized spacial score (nSPS) is 10.9. The first-order valence-corrected chi connectivity index (χ1v) is 7.99. The number of halogens is 1. The summed E-state index contributed by atoms with van der Waals surface area (Å²) in [5.41, 5.74) is 0.596. The van der Waals surface area contributed by atoms with Crippen molar-refractivity contribution in [2.45, 2.75) is 6.92 Å².